The van der Waals surface area contributed by atoms with Crippen molar-refractivity contribution in [3.8, 4) is 0 Å². The average Bonchev–Trinajstić information content (AvgIpc) is 3.09. The zero-order chi connectivity index (χ0) is 13.9. The molecule has 0 radical (unpaired) electrons. The molecule has 1 aliphatic rings. The molecule has 2 heterocycles. The number of benzene rings is 1. The van der Waals surface area contributed by atoms with Gasteiger partial charge in [-0.3, -0.25) is 4.79 Å². The molecule has 0 aliphatic carbocycles. The number of carbonyl (C=O) groups excluding carboxylic acids is 1. The number of nitrogens with zero attached hydrogens (tertiary/aromatic N) is 1. The molecule has 1 aromatic carbocycles. The zero-order valence-corrected chi connectivity index (χ0v) is 11.5. The molecule has 0 bridgehead atoms. The zero-order valence-electron chi connectivity index (χ0n) is 11.5. The molecule has 1 amide bonds. The van der Waals surface area contributed by atoms with E-state index in [1.165, 1.54) is 18.2 Å². The monoisotopic (exact) mass is 270 g/mol. The molecule has 3 rings (SSSR count). The van der Waals surface area contributed by atoms with E-state index in [2.05, 4.69) is 34.5 Å². The third-order valence-electron chi connectivity index (χ3n) is 3.72. The van der Waals surface area contributed by atoms with Gasteiger partial charge in [0.15, 0.2) is 0 Å². The fourth-order valence-corrected chi connectivity index (χ4v) is 2.77. The van der Waals surface area contributed by atoms with Crippen LogP contribution in [0.15, 0.2) is 47.1 Å². The number of carbonyl (C=O) groups is 1. The second-order valence-corrected chi connectivity index (χ2v) is 5.04. The maximum Gasteiger partial charge on any atom is 0.216 e. The summed E-state index contributed by atoms with van der Waals surface area (Å²) in [6, 6.07) is 12.3. The summed E-state index contributed by atoms with van der Waals surface area (Å²) in [4.78, 5) is 13.5. The molecule has 4 heteroatoms. The van der Waals surface area contributed by atoms with Gasteiger partial charge < -0.3 is 14.6 Å². The number of para-hydroxylation sites is 1. The van der Waals surface area contributed by atoms with Crippen LogP contribution in [0.3, 0.4) is 0 Å². The van der Waals surface area contributed by atoms with E-state index >= 15 is 0 Å². The first kappa shape index (κ1) is 12.8. The van der Waals surface area contributed by atoms with Crippen LogP contribution in [0.1, 0.15) is 24.3 Å². The molecule has 1 aromatic heterocycles. The molecule has 0 fully saturated rings. The first-order valence-corrected chi connectivity index (χ1v) is 6.88. The van der Waals surface area contributed by atoms with E-state index in [-0.39, 0.29) is 11.9 Å². The number of hydrogen-bond acceptors (Lipinski definition) is 3. The topological polar surface area (TPSA) is 45.5 Å². The first-order valence-electron chi connectivity index (χ1n) is 6.88. The summed E-state index contributed by atoms with van der Waals surface area (Å²) < 4.78 is 5.56. The Bertz CT molecular complexity index is 592. The number of fused-ring (bicyclic) bond motifs is 1. The lowest BCUT2D eigenvalue weighted by atomic mass is 10.1. The van der Waals surface area contributed by atoms with Gasteiger partial charge in [0.05, 0.1) is 6.26 Å². The summed E-state index contributed by atoms with van der Waals surface area (Å²) in [5.41, 5.74) is 2.59. The van der Waals surface area contributed by atoms with Crippen molar-refractivity contribution in [1.29, 1.82) is 0 Å². The van der Waals surface area contributed by atoms with Gasteiger partial charge in [0.1, 0.15) is 11.8 Å². The molecule has 0 spiro atoms. The molecule has 0 unspecified atom stereocenters. The summed E-state index contributed by atoms with van der Waals surface area (Å²) in [5, 5.41) is 2.90. The Morgan fingerprint density at radius 3 is 2.95 bits per heavy atom. The van der Waals surface area contributed by atoms with Crippen LogP contribution in [0, 0.1) is 0 Å². The lowest BCUT2D eigenvalue weighted by molar-refractivity contribution is -0.119. The molecule has 1 aliphatic heterocycles. The average molecular weight is 270 g/mol. The Morgan fingerprint density at radius 2 is 2.20 bits per heavy atom. The fourth-order valence-electron chi connectivity index (χ4n) is 2.77. The van der Waals surface area contributed by atoms with Gasteiger partial charge in [0.25, 0.3) is 0 Å². The van der Waals surface area contributed by atoms with Crippen LogP contribution < -0.4 is 10.2 Å². The highest BCUT2D eigenvalue weighted by molar-refractivity contribution is 5.73. The van der Waals surface area contributed by atoms with Crippen molar-refractivity contribution in [2.24, 2.45) is 0 Å². The van der Waals surface area contributed by atoms with Crippen LogP contribution in [0.2, 0.25) is 0 Å². The summed E-state index contributed by atoms with van der Waals surface area (Å²) >= 11 is 0. The molecule has 2 aromatic rings. The highest BCUT2D eigenvalue weighted by Gasteiger charge is 2.28. The predicted molar refractivity (Wildman–Crippen MR) is 77.6 cm³/mol. The number of amides is 1. The van der Waals surface area contributed by atoms with Crippen LogP contribution >= 0.6 is 0 Å². The summed E-state index contributed by atoms with van der Waals surface area (Å²) in [7, 11) is 0. The quantitative estimate of drug-likeness (QED) is 0.928. The van der Waals surface area contributed by atoms with Crippen LogP contribution in [-0.2, 0) is 11.2 Å². The molecule has 104 valence electrons. The van der Waals surface area contributed by atoms with Crippen molar-refractivity contribution >= 4 is 11.6 Å². The van der Waals surface area contributed by atoms with Crippen LogP contribution in [-0.4, -0.2) is 19.0 Å². The van der Waals surface area contributed by atoms with Gasteiger partial charge in [-0.15, -0.1) is 0 Å². The van der Waals surface area contributed by atoms with Crippen molar-refractivity contribution in [3.05, 3.63) is 54.0 Å². The second-order valence-electron chi connectivity index (χ2n) is 5.04. The number of nitrogens with one attached hydrogen (secondary N) is 1. The molecular weight excluding hydrogens is 252 g/mol. The van der Waals surface area contributed by atoms with E-state index in [0.717, 1.165) is 18.7 Å². The van der Waals surface area contributed by atoms with E-state index in [1.807, 2.05) is 12.1 Å². The van der Waals surface area contributed by atoms with Gasteiger partial charge >= 0.3 is 0 Å². The Labute approximate surface area is 118 Å². The number of anilines is 1. The largest absolute Gasteiger partial charge is 0.467 e. The van der Waals surface area contributed by atoms with Crippen LogP contribution in [0.5, 0.6) is 0 Å². The van der Waals surface area contributed by atoms with Gasteiger partial charge in [0.2, 0.25) is 5.91 Å². The third kappa shape index (κ3) is 2.41. The Kier molecular flexibility index (Phi) is 3.46. The maximum absolute atomic E-state index is 11.2. The molecule has 1 atom stereocenters. The summed E-state index contributed by atoms with van der Waals surface area (Å²) in [5.74, 6) is 0.865. The van der Waals surface area contributed by atoms with Gasteiger partial charge in [-0.25, -0.2) is 0 Å². The molecule has 0 saturated heterocycles. The predicted octanol–water partition coefficient (Wildman–Crippen LogP) is 2.52. The van der Waals surface area contributed by atoms with Gasteiger partial charge in [0, 0.05) is 25.7 Å². The summed E-state index contributed by atoms with van der Waals surface area (Å²) in [6.45, 7) is 3.04. The van der Waals surface area contributed by atoms with Crippen molar-refractivity contribution in [3.63, 3.8) is 0 Å². The lowest BCUT2D eigenvalue weighted by Gasteiger charge is -2.29. The smallest absolute Gasteiger partial charge is 0.216 e. The Balaban J connectivity index is 1.88. The van der Waals surface area contributed by atoms with E-state index < -0.39 is 0 Å². The molecule has 20 heavy (non-hydrogen) atoms. The molecular formula is C16H18N2O2. The van der Waals surface area contributed by atoms with Gasteiger partial charge in [-0.2, -0.15) is 0 Å². The highest BCUT2D eigenvalue weighted by Crippen LogP contribution is 2.34. The van der Waals surface area contributed by atoms with E-state index in [9.17, 15) is 4.79 Å². The van der Waals surface area contributed by atoms with Gasteiger partial charge in [-0.05, 0) is 30.2 Å². The minimum Gasteiger partial charge on any atom is -0.467 e. The minimum atomic E-state index is -0.0194. The van der Waals surface area contributed by atoms with E-state index in [0.29, 0.717) is 6.54 Å². The molecule has 4 nitrogen and oxygen atoms in total. The SMILES string of the molecule is CC(=O)NC[C@H](c1ccco1)N1CCc2ccccc21. The normalized spacial score (nSPS) is 14.9. The van der Waals surface area contributed by atoms with Crippen molar-refractivity contribution in [2.75, 3.05) is 18.0 Å². The van der Waals surface area contributed by atoms with Crippen molar-refractivity contribution in [1.82, 2.24) is 5.32 Å². The first-order chi connectivity index (χ1) is 9.75. The Hall–Kier alpha value is -2.23. The fraction of sp³-hybridized carbons (Fsp3) is 0.312. The molecule has 1 N–H and O–H groups in total. The highest BCUT2D eigenvalue weighted by atomic mass is 16.3. The van der Waals surface area contributed by atoms with E-state index in [4.69, 9.17) is 4.42 Å². The number of hydrogen-bond donors (Lipinski definition) is 1. The minimum absolute atomic E-state index is 0.0194. The third-order valence-corrected chi connectivity index (χ3v) is 3.72. The number of rotatable bonds is 4. The molecule has 0 saturated carbocycles. The van der Waals surface area contributed by atoms with Crippen molar-refractivity contribution < 1.29 is 9.21 Å². The maximum atomic E-state index is 11.2. The van der Waals surface area contributed by atoms with Crippen LogP contribution in [0.4, 0.5) is 5.69 Å². The number of furan rings is 1. The lowest BCUT2D eigenvalue weighted by Crippen LogP contribution is -2.36. The van der Waals surface area contributed by atoms with Gasteiger partial charge in [-0.1, -0.05) is 18.2 Å². The van der Waals surface area contributed by atoms with Crippen molar-refractivity contribution in [2.45, 2.75) is 19.4 Å². The van der Waals surface area contributed by atoms with Crippen LogP contribution in [0.25, 0.3) is 0 Å². The Morgan fingerprint density at radius 1 is 1.35 bits per heavy atom. The standard InChI is InChI=1S/C16H18N2O2/c1-12(19)17-11-15(16-7-4-10-20-16)18-9-8-13-5-2-3-6-14(13)18/h2-7,10,15H,8-9,11H2,1H3,(H,17,19)/t15-/m1/s1. The summed E-state index contributed by atoms with van der Waals surface area (Å²) in [6.07, 6.45) is 2.71. The second kappa shape index (κ2) is 5.41. The van der Waals surface area contributed by atoms with E-state index in [1.54, 1.807) is 6.26 Å².